The van der Waals surface area contributed by atoms with Gasteiger partial charge < -0.3 is 5.32 Å². The fourth-order valence-corrected chi connectivity index (χ4v) is 4.83. The van der Waals surface area contributed by atoms with Crippen LogP contribution in [-0.4, -0.2) is 12.1 Å². The molecule has 1 unspecified atom stereocenters. The molecule has 1 atom stereocenters. The normalized spacial score (nSPS) is 26.9. The second-order valence-corrected chi connectivity index (χ2v) is 7.56. The third kappa shape index (κ3) is 3.78. The molecule has 1 rings (SSSR count). The van der Waals surface area contributed by atoms with Gasteiger partial charge in [0, 0.05) is 5.54 Å². The van der Waals surface area contributed by atoms with Gasteiger partial charge in [-0.1, -0.05) is 53.4 Å². The molecule has 1 saturated heterocycles. The van der Waals surface area contributed by atoms with Gasteiger partial charge in [-0.25, -0.2) is 0 Å². The van der Waals surface area contributed by atoms with Crippen molar-refractivity contribution in [1.29, 1.82) is 0 Å². The lowest BCUT2D eigenvalue weighted by Gasteiger charge is -2.47. The van der Waals surface area contributed by atoms with E-state index < -0.39 is 0 Å². The van der Waals surface area contributed by atoms with Crippen LogP contribution in [0, 0.1) is 17.3 Å². The van der Waals surface area contributed by atoms with Crippen LogP contribution in [0.2, 0.25) is 0 Å². The molecular formula is C19H39N. The molecule has 20 heavy (non-hydrogen) atoms. The smallest absolute Gasteiger partial charge is 0.0181 e. The van der Waals surface area contributed by atoms with Gasteiger partial charge in [-0.2, -0.15) is 0 Å². The Labute approximate surface area is 128 Å². The number of hydrogen-bond donors (Lipinski definition) is 1. The highest BCUT2D eigenvalue weighted by Crippen LogP contribution is 2.44. The SMILES string of the molecule is CCC(CC)C1CCCC(CC)(CC)C(C)(C)NCC1. The van der Waals surface area contributed by atoms with E-state index in [0.29, 0.717) is 5.41 Å². The zero-order chi connectivity index (χ0) is 15.2. The van der Waals surface area contributed by atoms with Crippen molar-refractivity contribution in [3.8, 4) is 0 Å². The summed E-state index contributed by atoms with van der Waals surface area (Å²) < 4.78 is 0. The van der Waals surface area contributed by atoms with E-state index in [4.69, 9.17) is 0 Å². The first kappa shape index (κ1) is 18.0. The average Bonchev–Trinajstić information content (AvgIpc) is 2.49. The molecule has 1 nitrogen and oxygen atoms in total. The standard InChI is InChI=1S/C19H39N/c1-7-16(8-2)17-12-11-14-19(9-3,10-4)18(5,6)20-15-13-17/h16-17,20H,7-15H2,1-6H3. The minimum atomic E-state index is 0.277. The minimum absolute atomic E-state index is 0.277. The van der Waals surface area contributed by atoms with Crippen LogP contribution in [0.1, 0.15) is 92.9 Å². The van der Waals surface area contributed by atoms with Crippen LogP contribution in [0.4, 0.5) is 0 Å². The zero-order valence-electron chi connectivity index (χ0n) is 15.0. The summed E-state index contributed by atoms with van der Waals surface area (Å²) in [5.74, 6) is 1.88. The quantitative estimate of drug-likeness (QED) is 0.673. The van der Waals surface area contributed by atoms with Crippen LogP contribution in [0.25, 0.3) is 0 Å². The lowest BCUT2D eigenvalue weighted by Crippen LogP contribution is -2.53. The lowest BCUT2D eigenvalue weighted by molar-refractivity contribution is 0.0873. The van der Waals surface area contributed by atoms with Crippen molar-refractivity contribution in [3.63, 3.8) is 0 Å². The van der Waals surface area contributed by atoms with Crippen LogP contribution >= 0.6 is 0 Å². The van der Waals surface area contributed by atoms with Crippen molar-refractivity contribution in [1.82, 2.24) is 5.32 Å². The molecule has 0 bridgehead atoms. The van der Waals surface area contributed by atoms with Crippen molar-refractivity contribution in [2.45, 2.75) is 98.4 Å². The molecule has 1 N–H and O–H groups in total. The molecule has 0 aromatic rings. The molecule has 1 fully saturated rings. The Morgan fingerprint density at radius 3 is 2.10 bits per heavy atom. The van der Waals surface area contributed by atoms with Gasteiger partial charge >= 0.3 is 0 Å². The fraction of sp³-hybridized carbons (Fsp3) is 1.00. The lowest BCUT2D eigenvalue weighted by atomic mass is 9.64. The summed E-state index contributed by atoms with van der Waals surface area (Å²) in [7, 11) is 0. The van der Waals surface area contributed by atoms with E-state index in [-0.39, 0.29) is 5.54 Å². The topological polar surface area (TPSA) is 12.0 Å². The minimum Gasteiger partial charge on any atom is -0.311 e. The Balaban J connectivity index is 2.83. The molecule has 120 valence electrons. The molecule has 0 aromatic heterocycles. The molecule has 1 aliphatic heterocycles. The summed E-state index contributed by atoms with van der Waals surface area (Å²) in [6, 6.07) is 0. The van der Waals surface area contributed by atoms with Gasteiger partial charge in [-0.3, -0.25) is 0 Å². The van der Waals surface area contributed by atoms with E-state index in [1.807, 2.05) is 0 Å². The van der Waals surface area contributed by atoms with Gasteiger partial charge in [0.25, 0.3) is 0 Å². The summed E-state index contributed by atoms with van der Waals surface area (Å²) in [5, 5.41) is 3.93. The van der Waals surface area contributed by atoms with Crippen LogP contribution < -0.4 is 5.32 Å². The molecule has 1 aliphatic rings. The summed E-state index contributed by atoms with van der Waals surface area (Å²) in [4.78, 5) is 0. The Hall–Kier alpha value is -0.0400. The van der Waals surface area contributed by atoms with E-state index in [0.717, 1.165) is 11.8 Å². The van der Waals surface area contributed by atoms with Crippen molar-refractivity contribution < 1.29 is 0 Å². The molecule has 0 amide bonds. The van der Waals surface area contributed by atoms with E-state index >= 15 is 0 Å². The summed E-state index contributed by atoms with van der Waals surface area (Å²) in [6.07, 6.45) is 11.0. The summed E-state index contributed by atoms with van der Waals surface area (Å²) in [5.41, 5.74) is 0.759. The third-order valence-electron chi connectivity index (χ3n) is 6.71. The maximum Gasteiger partial charge on any atom is 0.0181 e. The molecule has 0 aliphatic carbocycles. The molecular weight excluding hydrogens is 242 g/mol. The van der Waals surface area contributed by atoms with E-state index in [1.54, 1.807) is 0 Å². The Morgan fingerprint density at radius 2 is 1.60 bits per heavy atom. The fourth-order valence-electron chi connectivity index (χ4n) is 4.83. The van der Waals surface area contributed by atoms with Crippen molar-refractivity contribution in [3.05, 3.63) is 0 Å². The van der Waals surface area contributed by atoms with Crippen LogP contribution in [-0.2, 0) is 0 Å². The first-order valence-corrected chi connectivity index (χ1v) is 9.21. The first-order chi connectivity index (χ1) is 9.46. The maximum atomic E-state index is 3.93. The molecule has 0 saturated carbocycles. The third-order valence-corrected chi connectivity index (χ3v) is 6.71. The van der Waals surface area contributed by atoms with Gasteiger partial charge in [0.15, 0.2) is 0 Å². The predicted octanol–water partition coefficient (Wildman–Crippen LogP) is 5.79. The largest absolute Gasteiger partial charge is 0.311 e. The zero-order valence-corrected chi connectivity index (χ0v) is 15.0. The highest BCUT2D eigenvalue weighted by molar-refractivity contribution is 4.98. The second kappa shape index (κ2) is 7.82. The Bertz CT molecular complexity index is 261. The van der Waals surface area contributed by atoms with Gasteiger partial charge in [0.1, 0.15) is 0 Å². The summed E-state index contributed by atoms with van der Waals surface area (Å²) >= 11 is 0. The highest BCUT2D eigenvalue weighted by Gasteiger charge is 2.42. The van der Waals surface area contributed by atoms with Crippen molar-refractivity contribution in [2.24, 2.45) is 17.3 Å². The van der Waals surface area contributed by atoms with E-state index in [9.17, 15) is 0 Å². The van der Waals surface area contributed by atoms with E-state index in [1.165, 1.54) is 57.9 Å². The first-order valence-electron chi connectivity index (χ1n) is 9.21. The Morgan fingerprint density at radius 1 is 1.00 bits per heavy atom. The summed E-state index contributed by atoms with van der Waals surface area (Å²) in [6.45, 7) is 15.6. The van der Waals surface area contributed by atoms with Crippen LogP contribution in [0.3, 0.4) is 0 Å². The van der Waals surface area contributed by atoms with Gasteiger partial charge in [-0.05, 0) is 63.3 Å². The predicted molar refractivity (Wildman–Crippen MR) is 91.1 cm³/mol. The number of hydrogen-bond acceptors (Lipinski definition) is 1. The molecule has 0 radical (unpaired) electrons. The molecule has 0 aromatic carbocycles. The monoisotopic (exact) mass is 281 g/mol. The number of rotatable bonds is 5. The maximum absolute atomic E-state index is 3.93. The molecule has 1 heterocycles. The average molecular weight is 282 g/mol. The Kier molecular flexibility index (Phi) is 7.04. The van der Waals surface area contributed by atoms with Crippen molar-refractivity contribution >= 4 is 0 Å². The molecule has 1 heteroatoms. The van der Waals surface area contributed by atoms with Crippen LogP contribution in [0.15, 0.2) is 0 Å². The number of nitrogens with one attached hydrogen (secondary N) is 1. The van der Waals surface area contributed by atoms with Gasteiger partial charge in [0.05, 0.1) is 0 Å². The van der Waals surface area contributed by atoms with E-state index in [2.05, 4.69) is 46.9 Å². The van der Waals surface area contributed by atoms with Crippen molar-refractivity contribution in [2.75, 3.05) is 6.54 Å². The van der Waals surface area contributed by atoms with Gasteiger partial charge in [-0.15, -0.1) is 0 Å². The van der Waals surface area contributed by atoms with Gasteiger partial charge in [0.2, 0.25) is 0 Å². The van der Waals surface area contributed by atoms with Crippen LogP contribution in [0.5, 0.6) is 0 Å². The highest BCUT2D eigenvalue weighted by atomic mass is 15.0. The second-order valence-electron chi connectivity index (χ2n) is 7.56. The molecule has 0 spiro atoms.